The second-order valence-electron chi connectivity index (χ2n) is 4.64. The first kappa shape index (κ1) is 14.4. The maximum Gasteiger partial charge on any atom is 0.137 e. The topological polar surface area (TPSA) is 33.0 Å². The largest absolute Gasteiger partial charge is 0.492 e. The number of rotatable bonds is 5. The number of para-hydroxylation sites is 1. The van der Waals surface area contributed by atoms with E-state index in [0.717, 1.165) is 18.6 Å². The highest BCUT2D eigenvalue weighted by molar-refractivity contribution is 6.32. The third-order valence-corrected chi connectivity index (χ3v) is 3.48. The van der Waals surface area contributed by atoms with Crippen molar-refractivity contribution in [3.8, 4) is 11.8 Å². The lowest BCUT2D eigenvalue weighted by Crippen LogP contribution is -2.01. The molecule has 0 saturated carbocycles. The van der Waals surface area contributed by atoms with E-state index in [-0.39, 0.29) is 0 Å². The number of nitriles is 1. The van der Waals surface area contributed by atoms with Crippen molar-refractivity contribution in [2.24, 2.45) is 0 Å². The van der Waals surface area contributed by atoms with E-state index in [1.54, 1.807) is 0 Å². The fourth-order valence-electron chi connectivity index (χ4n) is 2.02. The molecule has 0 unspecified atom stereocenters. The van der Waals surface area contributed by atoms with Crippen LogP contribution in [0.2, 0.25) is 5.02 Å². The van der Waals surface area contributed by atoms with Gasteiger partial charge in [-0.1, -0.05) is 29.8 Å². The molecule has 102 valence electrons. The number of benzene rings is 2. The van der Waals surface area contributed by atoms with E-state index in [4.69, 9.17) is 21.6 Å². The molecule has 0 radical (unpaired) electrons. The third kappa shape index (κ3) is 3.76. The van der Waals surface area contributed by atoms with Gasteiger partial charge in [-0.2, -0.15) is 5.26 Å². The van der Waals surface area contributed by atoms with Crippen LogP contribution in [0.25, 0.3) is 0 Å². The van der Waals surface area contributed by atoms with E-state index in [1.165, 1.54) is 11.1 Å². The van der Waals surface area contributed by atoms with Crippen molar-refractivity contribution in [3.63, 3.8) is 0 Å². The van der Waals surface area contributed by atoms with Gasteiger partial charge in [0.2, 0.25) is 0 Å². The van der Waals surface area contributed by atoms with Gasteiger partial charge < -0.3 is 4.74 Å². The van der Waals surface area contributed by atoms with E-state index >= 15 is 0 Å². The SMILES string of the molecule is Cc1ccc(C#N)cc1CCCOc1ccccc1Cl. The lowest BCUT2D eigenvalue weighted by atomic mass is 10.0. The molecule has 20 heavy (non-hydrogen) atoms. The molecule has 2 nitrogen and oxygen atoms in total. The maximum absolute atomic E-state index is 8.91. The van der Waals surface area contributed by atoms with Crippen molar-refractivity contribution < 1.29 is 4.74 Å². The van der Waals surface area contributed by atoms with Crippen LogP contribution in [0.4, 0.5) is 0 Å². The molecule has 2 rings (SSSR count). The zero-order chi connectivity index (χ0) is 14.4. The summed E-state index contributed by atoms with van der Waals surface area (Å²) in [6, 6.07) is 15.4. The Labute approximate surface area is 124 Å². The van der Waals surface area contributed by atoms with Crippen LogP contribution in [0, 0.1) is 18.3 Å². The summed E-state index contributed by atoms with van der Waals surface area (Å²) >= 11 is 6.02. The standard InChI is InChI=1S/C17H16ClNO/c1-13-8-9-14(12-19)11-15(13)5-4-10-20-17-7-3-2-6-16(17)18/h2-3,6-9,11H,4-5,10H2,1H3. The van der Waals surface area contributed by atoms with Crippen molar-refractivity contribution >= 4 is 11.6 Å². The number of ether oxygens (including phenoxy) is 1. The molecule has 0 spiro atoms. The van der Waals surface area contributed by atoms with Crippen molar-refractivity contribution in [2.75, 3.05) is 6.61 Å². The lowest BCUT2D eigenvalue weighted by molar-refractivity contribution is 0.311. The number of halogens is 1. The van der Waals surface area contributed by atoms with Crippen LogP contribution >= 0.6 is 11.6 Å². The first-order chi connectivity index (χ1) is 9.70. The van der Waals surface area contributed by atoms with E-state index < -0.39 is 0 Å². The Kier molecular flexibility index (Phi) is 5.03. The van der Waals surface area contributed by atoms with E-state index in [0.29, 0.717) is 17.2 Å². The lowest BCUT2D eigenvalue weighted by Gasteiger charge is -2.09. The Bertz CT molecular complexity index is 631. The highest BCUT2D eigenvalue weighted by Crippen LogP contribution is 2.23. The Morgan fingerprint density at radius 1 is 1.20 bits per heavy atom. The van der Waals surface area contributed by atoms with Crippen LogP contribution in [0.1, 0.15) is 23.1 Å². The first-order valence-electron chi connectivity index (χ1n) is 6.57. The third-order valence-electron chi connectivity index (χ3n) is 3.16. The van der Waals surface area contributed by atoms with Gasteiger partial charge in [0.1, 0.15) is 5.75 Å². The molecular weight excluding hydrogens is 270 g/mol. The quantitative estimate of drug-likeness (QED) is 0.756. The molecular formula is C17H16ClNO. The predicted octanol–water partition coefficient (Wildman–Crippen LogP) is 4.53. The predicted molar refractivity (Wildman–Crippen MR) is 81.2 cm³/mol. The zero-order valence-electron chi connectivity index (χ0n) is 11.4. The van der Waals surface area contributed by atoms with Crippen molar-refractivity contribution in [2.45, 2.75) is 19.8 Å². The normalized spacial score (nSPS) is 10.1. The van der Waals surface area contributed by atoms with Gasteiger partial charge in [0.05, 0.1) is 23.3 Å². The van der Waals surface area contributed by atoms with Crippen LogP contribution in [-0.4, -0.2) is 6.61 Å². The summed E-state index contributed by atoms with van der Waals surface area (Å²) in [6.07, 6.45) is 1.78. The van der Waals surface area contributed by atoms with Gasteiger partial charge in [-0.05, 0) is 55.2 Å². The maximum atomic E-state index is 8.91. The minimum atomic E-state index is 0.611. The second-order valence-corrected chi connectivity index (χ2v) is 5.04. The van der Waals surface area contributed by atoms with E-state index in [1.807, 2.05) is 42.5 Å². The van der Waals surface area contributed by atoms with Crippen molar-refractivity contribution in [3.05, 3.63) is 64.2 Å². The Morgan fingerprint density at radius 2 is 2.00 bits per heavy atom. The van der Waals surface area contributed by atoms with Crippen LogP contribution in [0.5, 0.6) is 5.75 Å². The minimum absolute atomic E-state index is 0.611. The summed E-state index contributed by atoms with van der Waals surface area (Å²) in [7, 11) is 0. The average molecular weight is 286 g/mol. The highest BCUT2D eigenvalue weighted by Gasteiger charge is 2.02. The van der Waals surface area contributed by atoms with Crippen molar-refractivity contribution in [1.29, 1.82) is 5.26 Å². The van der Waals surface area contributed by atoms with Crippen LogP contribution < -0.4 is 4.74 Å². The Morgan fingerprint density at radius 3 is 2.75 bits per heavy atom. The molecule has 0 saturated heterocycles. The molecule has 0 aliphatic rings. The number of nitrogens with zero attached hydrogens (tertiary/aromatic N) is 1. The molecule has 0 fully saturated rings. The van der Waals surface area contributed by atoms with Crippen molar-refractivity contribution in [1.82, 2.24) is 0 Å². The van der Waals surface area contributed by atoms with E-state index in [9.17, 15) is 0 Å². The molecule has 0 heterocycles. The smallest absolute Gasteiger partial charge is 0.137 e. The van der Waals surface area contributed by atoms with Gasteiger partial charge in [-0.25, -0.2) is 0 Å². The van der Waals surface area contributed by atoms with Gasteiger partial charge in [-0.15, -0.1) is 0 Å². The number of hydrogen-bond acceptors (Lipinski definition) is 2. The van der Waals surface area contributed by atoms with Crippen LogP contribution in [0.15, 0.2) is 42.5 Å². The molecule has 0 aromatic heterocycles. The summed E-state index contributed by atoms with van der Waals surface area (Å²) in [6.45, 7) is 2.67. The minimum Gasteiger partial charge on any atom is -0.492 e. The zero-order valence-corrected chi connectivity index (χ0v) is 12.2. The first-order valence-corrected chi connectivity index (χ1v) is 6.95. The highest BCUT2D eigenvalue weighted by atomic mass is 35.5. The number of aryl methyl sites for hydroxylation is 2. The summed E-state index contributed by atoms with van der Waals surface area (Å²) in [4.78, 5) is 0. The number of hydrogen-bond donors (Lipinski definition) is 0. The summed E-state index contributed by atoms with van der Waals surface area (Å²) in [5, 5.41) is 9.55. The molecule has 0 bridgehead atoms. The molecule has 0 atom stereocenters. The summed E-state index contributed by atoms with van der Waals surface area (Å²) in [5.74, 6) is 0.719. The van der Waals surface area contributed by atoms with Gasteiger partial charge in [0.15, 0.2) is 0 Å². The van der Waals surface area contributed by atoms with Crippen LogP contribution in [-0.2, 0) is 6.42 Å². The monoisotopic (exact) mass is 285 g/mol. The molecule has 3 heteroatoms. The van der Waals surface area contributed by atoms with Gasteiger partial charge in [-0.3, -0.25) is 0 Å². The molecule has 0 amide bonds. The van der Waals surface area contributed by atoms with Crippen LogP contribution in [0.3, 0.4) is 0 Å². The molecule has 2 aromatic carbocycles. The fraction of sp³-hybridized carbons (Fsp3) is 0.235. The van der Waals surface area contributed by atoms with Gasteiger partial charge in [0.25, 0.3) is 0 Å². The van der Waals surface area contributed by atoms with Gasteiger partial charge >= 0.3 is 0 Å². The van der Waals surface area contributed by atoms with Gasteiger partial charge in [0, 0.05) is 0 Å². The molecule has 0 N–H and O–H groups in total. The fourth-order valence-corrected chi connectivity index (χ4v) is 2.21. The molecule has 2 aromatic rings. The Hall–Kier alpha value is -1.98. The molecule has 0 aliphatic carbocycles. The summed E-state index contributed by atoms with van der Waals surface area (Å²) < 4.78 is 5.66. The second kappa shape index (κ2) is 6.98. The van der Waals surface area contributed by atoms with E-state index in [2.05, 4.69) is 13.0 Å². The summed E-state index contributed by atoms with van der Waals surface area (Å²) in [5.41, 5.74) is 3.12. The average Bonchev–Trinajstić information content (AvgIpc) is 2.47. The molecule has 0 aliphatic heterocycles. The Balaban J connectivity index is 1.88.